The van der Waals surface area contributed by atoms with Crippen molar-refractivity contribution in [1.29, 1.82) is 0 Å². The van der Waals surface area contributed by atoms with Crippen LogP contribution in [0, 0.1) is 10.1 Å². The quantitative estimate of drug-likeness (QED) is 0.197. The van der Waals surface area contributed by atoms with Crippen LogP contribution >= 0.6 is 11.3 Å². The second kappa shape index (κ2) is 11.5. The summed E-state index contributed by atoms with van der Waals surface area (Å²) < 4.78 is 28.8. The second-order valence-corrected chi connectivity index (χ2v) is 11.6. The van der Waals surface area contributed by atoms with Crippen LogP contribution in [-0.4, -0.2) is 83.5 Å². The number of carbonyl (C=O) groups excluding carboxylic acids is 1. The highest BCUT2D eigenvalue weighted by Crippen LogP contribution is 2.33. The Kier molecular flexibility index (Phi) is 7.88. The van der Waals surface area contributed by atoms with Crippen LogP contribution in [0.1, 0.15) is 10.4 Å². The smallest absolute Gasteiger partial charge is 0.296 e. The number of rotatable bonds is 9. The molecule has 1 aliphatic heterocycles. The van der Waals surface area contributed by atoms with Crippen molar-refractivity contribution in [3.8, 4) is 0 Å². The van der Waals surface area contributed by atoms with E-state index in [4.69, 9.17) is 5.11 Å². The normalized spacial score (nSPS) is 14.3. The lowest BCUT2D eigenvalue weighted by Crippen LogP contribution is -2.49. The Bertz CT molecular complexity index is 1650. The maximum absolute atomic E-state index is 13.2. The summed E-state index contributed by atoms with van der Waals surface area (Å²) in [7, 11) is -4.02. The molecular weight excluding hydrogens is 558 g/mol. The Morgan fingerprint density at radius 2 is 1.82 bits per heavy atom. The number of aliphatic hydroxyl groups excluding tert-OH is 1. The molecule has 208 valence electrons. The number of amides is 1. The van der Waals surface area contributed by atoms with Gasteiger partial charge in [0.05, 0.1) is 26.7 Å². The number of nitro benzene ring substituents is 1. The molecule has 4 aromatic rings. The van der Waals surface area contributed by atoms with Crippen LogP contribution in [0.4, 0.5) is 22.3 Å². The number of anilines is 3. The van der Waals surface area contributed by atoms with E-state index in [9.17, 15) is 23.3 Å². The fraction of sp³-hybridized carbons (Fsp3) is 0.240. The van der Waals surface area contributed by atoms with Gasteiger partial charge in [0.2, 0.25) is 0 Å². The minimum absolute atomic E-state index is 0.0142. The molecule has 1 fully saturated rings. The van der Waals surface area contributed by atoms with Gasteiger partial charge in [0.15, 0.2) is 10.6 Å². The summed E-state index contributed by atoms with van der Waals surface area (Å²) in [6.07, 6.45) is 1.56. The van der Waals surface area contributed by atoms with Crippen LogP contribution in [0.15, 0.2) is 65.7 Å². The average molecular weight is 584 g/mol. The lowest BCUT2D eigenvalue weighted by atomic mass is 10.2. The molecule has 15 heteroatoms. The number of pyridine rings is 1. The van der Waals surface area contributed by atoms with Crippen LogP contribution in [0.3, 0.4) is 0 Å². The number of nitro groups is 1. The van der Waals surface area contributed by atoms with Crippen LogP contribution in [0.2, 0.25) is 0 Å². The summed E-state index contributed by atoms with van der Waals surface area (Å²) >= 11 is 0.998. The van der Waals surface area contributed by atoms with Crippen LogP contribution in [0.25, 0.3) is 10.2 Å². The molecule has 40 heavy (non-hydrogen) atoms. The van der Waals surface area contributed by atoms with E-state index in [0.717, 1.165) is 11.3 Å². The number of carbonyl (C=O) groups is 1. The first-order valence-electron chi connectivity index (χ1n) is 12.3. The number of nitrogens with one attached hydrogen (secondary N) is 2. The third kappa shape index (κ3) is 5.86. The highest BCUT2D eigenvalue weighted by Gasteiger charge is 2.25. The molecule has 1 aliphatic rings. The van der Waals surface area contributed by atoms with E-state index < -0.39 is 14.9 Å². The number of hydrogen-bond donors (Lipinski definition) is 3. The third-order valence-electron chi connectivity index (χ3n) is 6.36. The van der Waals surface area contributed by atoms with Crippen LogP contribution in [-0.2, 0) is 10.0 Å². The Morgan fingerprint density at radius 3 is 2.52 bits per heavy atom. The first-order chi connectivity index (χ1) is 19.2. The van der Waals surface area contributed by atoms with Gasteiger partial charge in [-0.2, -0.15) is 0 Å². The summed E-state index contributed by atoms with van der Waals surface area (Å²) in [5, 5.41) is 23.5. The van der Waals surface area contributed by atoms with Gasteiger partial charge in [-0.05, 0) is 42.5 Å². The number of aliphatic hydroxyl groups is 1. The van der Waals surface area contributed by atoms with E-state index in [0.29, 0.717) is 54.5 Å². The molecule has 0 spiro atoms. The molecule has 2 aromatic carbocycles. The number of aromatic nitrogens is 2. The van der Waals surface area contributed by atoms with E-state index in [1.807, 2.05) is 0 Å². The zero-order valence-corrected chi connectivity index (χ0v) is 22.7. The van der Waals surface area contributed by atoms with Gasteiger partial charge in [0.1, 0.15) is 5.82 Å². The molecule has 0 bridgehead atoms. The van der Waals surface area contributed by atoms with Crippen molar-refractivity contribution in [2.45, 2.75) is 4.90 Å². The lowest BCUT2D eigenvalue weighted by molar-refractivity contribution is -0.383. The van der Waals surface area contributed by atoms with Crippen molar-refractivity contribution in [2.24, 2.45) is 0 Å². The largest absolute Gasteiger partial charge is 0.395 e. The van der Waals surface area contributed by atoms with Gasteiger partial charge < -0.3 is 15.3 Å². The fourth-order valence-corrected chi connectivity index (χ4v) is 6.44. The molecule has 0 radical (unpaired) electrons. The Labute approximate surface area is 233 Å². The van der Waals surface area contributed by atoms with Crippen molar-refractivity contribution in [3.05, 3.63) is 76.5 Å². The van der Waals surface area contributed by atoms with Gasteiger partial charge in [-0.15, -0.1) is 0 Å². The van der Waals surface area contributed by atoms with Crippen molar-refractivity contribution in [1.82, 2.24) is 19.8 Å². The first kappa shape index (κ1) is 27.4. The minimum atomic E-state index is -4.02. The lowest BCUT2D eigenvalue weighted by Gasteiger charge is -2.34. The summed E-state index contributed by atoms with van der Waals surface area (Å²) in [6, 6.07) is 13.7. The number of piperazine rings is 1. The standard InChI is InChI=1S/C25H25N7O6S2/c33-16-15-30-11-13-31(14-12-30)24(34)19-3-2-10-26-23(19)27-17-6-8-18(9-7-17)40(37,38)29-25-28-22-20(32(35)36)4-1-5-21(22)39-25/h1-10,33H,11-16H2,(H,26,27)(H,28,29). The SMILES string of the molecule is O=C(c1cccnc1Nc1ccc(S(=O)(=O)Nc2nc3c([N+](=O)[O-])cccc3s2)cc1)N1CCN(CCO)CC1. The van der Waals surface area contributed by atoms with Gasteiger partial charge >= 0.3 is 0 Å². The highest BCUT2D eigenvalue weighted by molar-refractivity contribution is 7.93. The van der Waals surface area contributed by atoms with Crippen molar-refractivity contribution in [2.75, 3.05) is 49.4 Å². The topological polar surface area (TPSA) is 171 Å². The van der Waals surface area contributed by atoms with E-state index in [1.165, 1.54) is 24.3 Å². The number of non-ortho nitro benzene ring substituents is 1. The predicted molar refractivity (Wildman–Crippen MR) is 150 cm³/mol. The molecule has 2 aromatic heterocycles. The van der Waals surface area contributed by atoms with Gasteiger partial charge in [-0.1, -0.05) is 17.4 Å². The summed E-state index contributed by atoms with van der Waals surface area (Å²) in [4.78, 5) is 36.1. The number of thiazole rings is 1. The molecular formula is C25H25N7O6S2. The van der Waals surface area contributed by atoms with E-state index >= 15 is 0 Å². The van der Waals surface area contributed by atoms with Crippen molar-refractivity contribution >= 4 is 59.8 Å². The molecule has 0 aliphatic carbocycles. The number of hydrogen-bond acceptors (Lipinski definition) is 11. The van der Waals surface area contributed by atoms with Gasteiger partial charge in [0.25, 0.3) is 21.6 Å². The second-order valence-electron chi connectivity index (χ2n) is 8.91. The number of sulfonamides is 1. The van der Waals surface area contributed by atoms with Gasteiger partial charge in [-0.25, -0.2) is 18.4 Å². The maximum atomic E-state index is 13.2. The van der Waals surface area contributed by atoms with Crippen molar-refractivity contribution in [3.63, 3.8) is 0 Å². The summed E-state index contributed by atoms with van der Waals surface area (Å²) in [5.74, 6) is 0.175. The molecule has 13 nitrogen and oxygen atoms in total. The number of nitrogens with zero attached hydrogens (tertiary/aromatic N) is 5. The van der Waals surface area contributed by atoms with Crippen LogP contribution in [0.5, 0.6) is 0 Å². The molecule has 5 rings (SSSR count). The summed E-state index contributed by atoms with van der Waals surface area (Å²) in [5.41, 5.74) is 0.824. The molecule has 1 saturated heterocycles. The monoisotopic (exact) mass is 583 g/mol. The molecule has 0 unspecified atom stereocenters. The number of benzene rings is 2. The first-order valence-corrected chi connectivity index (χ1v) is 14.6. The molecule has 0 saturated carbocycles. The molecule has 0 atom stereocenters. The minimum Gasteiger partial charge on any atom is -0.395 e. The number of β-amino-alcohol motifs (C(OH)–C–C–N with tert-alkyl or cyclic N) is 1. The Hall–Kier alpha value is -4.18. The van der Waals surface area contributed by atoms with Crippen LogP contribution < -0.4 is 10.0 Å². The molecule has 1 amide bonds. The van der Waals surface area contributed by atoms with E-state index in [-0.39, 0.29) is 33.7 Å². The van der Waals surface area contributed by atoms with Gasteiger partial charge in [0, 0.05) is 50.7 Å². The fourth-order valence-electron chi connectivity index (χ4n) is 4.32. The number of para-hydroxylation sites is 1. The maximum Gasteiger partial charge on any atom is 0.296 e. The van der Waals surface area contributed by atoms with E-state index in [1.54, 1.807) is 41.4 Å². The van der Waals surface area contributed by atoms with E-state index in [2.05, 4.69) is 24.9 Å². The third-order valence-corrected chi connectivity index (χ3v) is 8.78. The Morgan fingerprint density at radius 1 is 1.07 bits per heavy atom. The predicted octanol–water partition coefficient (Wildman–Crippen LogP) is 2.89. The zero-order chi connectivity index (χ0) is 28.3. The summed E-state index contributed by atoms with van der Waals surface area (Å²) in [6.45, 7) is 3.07. The average Bonchev–Trinajstić information content (AvgIpc) is 3.35. The molecule has 3 heterocycles. The van der Waals surface area contributed by atoms with Crippen molar-refractivity contribution < 1.29 is 23.2 Å². The Balaban J connectivity index is 1.29. The number of fused-ring (bicyclic) bond motifs is 1. The zero-order valence-electron chi connectivity index (χ0n) is 21.1. The van der Waals surface area contributed by atoms with Gasteiger partial charge in [-0.3, -0.25) is 24.5 Å². The highest BCUT2D eigenvalue weighted by atomic mass is 32.2. The molecule has 3 N–H and O–H groups in total.